The highest BCUT2D eigenvalue weighted by Crippen LogP contribution is 2.39. The topological polar surface area (TPSA) is 67.2 Å². The van der Waals surface area contributed by atoms with E-state index in [-0.39, 0.29) is 11.8 Å². The molecule has 1 amide bonds. The van der Waals surface area contributed by atoms with Crippen molar-refractivity contribution in [3.63, 3.8) is 0 Å². The van der Waals surface area contributed by atoms with Crippen molar-refractivity contribution in [2.75, 3.05) is 6.54 Å². The van der Waals surface area contributed by atoms with Crippen molar-refractivity contribution in [3.05, 3.63) is 55.9 Å². The van der Waals surface area contributed by atoms with Crippen LogP contribution in [0.5, 0.6) is 0 Å². The average Bonchev–Trinajstić information content (AvgIpc) is 2.48. The molecular weight excluding hydrogens is 413 g/mol. The second-order valence-electron chi connectivity index (χ2n) is 7.10. The molecule has 2 rings (SSSR count). The lowest BCUT2D eigenvalue weighted by Gasteiger charge is -2.31. The van der Waals surface area contributed by atoms with Gasteiger partial charge in [-0.2, -0.15) is 0 Å². The van der Waals surface area contributed by atoms with Gasteiger partial charge in [-0.05, 0) is 74.4 Å². The Morgan fingerprint density at radius 1 is 1.25 bits per heavy atom. The van der Waals surface area contributed by atoms with Crippen molar-refractivity contribution in [1.29, 1.82) is 0 Å². The molecule has 0 radical (unpaired) electrons. The van der Waals surface area contributed by atoms with E-state index in [1.165, 1.54) is 5.57 Å². The number of carbonyl (C=O) groups is 1. The highest BCUT2D eigenvalue weighted by atomic mass is 127. The van der Waals surface area contributed by atoms with Gasteiger partial charge in [0.25, 0.3) is 0 Å². The lowest BCUT2D eigenvalue weighted by molar-refractivity contribution is -0.118. The van der Waals surface area contributed by atoms with Gasteiger partial charge >= 0.3 is 0 Å². The second-order valence-corrected chi connectivity index (χ2v) is 8.26. The molecule has 1 aromatic rings. The number of amides is 1. The van der Waals surface area contributed by atoms with Crippen LogP contribution in [0, 0.1) is 3.57 Å². The number of hydrogen-bond acceptors (Lipinski definition) is 3. The number of nitrogens with two attached hydrogens (primary N) is 1. The zero-order valence-electron chi connectivity index (χ0n) is 15.0. The first-order chi connectivity index (χ1) is 11.1. The van der Waals surface area contributed by atoms with Crippen molar-refractivity contribution < 1.29 is 4.79 Å². The third-order valence-electron chi connectivity index (χ3n) is 4.26. The largest absolute Gasteiger partial charge is 0.362 e. The summed E-state index contributed by atoms with van der Waals surface area (Å²) in [7, 11) is 0. The quantitative estimate of drug-likeness (QED) is 0.631. The third kappa shape index (κ3) is 4.19. The Kier molecular flexibility index (Phi) is 5.75. The van der Waals surface area contributed by atoms with E-state index in [2.05, 4.69) is 59.2 Å². The van der Waals surface area contributed by atoms with Crippen molar-refractivity contribution >= 4 is 28.5 Å². The van der Waals surface area contributed by atoms with E-state index in [1.54, 1.807) is 0 Å². The van der Waals surface area contributed by atoms with E-state index in [0.717, 1.165) is 26.1 Å². The molecule has 0 bridgehead atoms. The zero-order chi connectivity index (χ0) is 18.1. The normalized spacial score (nSPS) is 18.5. The predicted molar refractivity (Wildman–Crippen MR) is 107 cm³/mol. The molecule has 0 aromatic heterocycles. The minimum Gasteiger partial charge on any atom is -0.362 e. The molecule has 1 unspecified atom stereocenters. The number of dihydropyridines is 1. The molecular formula is C19H26IN3O. The van der Waals surface area contributed by atoms with Crippen LogP contribution in [0.2, 0.25) is 0 Å². The molecule has 1 aliphatic rings. The highest BCUT2D eigenvalue weighted by molar-refractivity contribution is 14.1. The maximum Gasteiger partial charge on any atom is 0.249 e. The van der Waals surface area contributed by atoms with Crippen LogP contribution in [0.1, 0.15) is 46.1 Å². The van der Waals surface area contributed by atoms with Gasteiger partial charge in [0.05, 0.1) is 0 Å². The van der Waals surface area contributed by atoms with Crippen LogP contribution >= 0.6 is 22.6 Å². The fourth-order valence-corrected chi connectivity index (χ4v) is 3.60. The molecule has 1 atom stereocenters. The Balaban J connectivity index is 2.45. The van der Waals surface area contributed by atoms with Crippen molar-refractivity contribution in [3.8, 4) is 0 Å². The molecule has 4 N–H and O–H groups in total. The van der Waals surface area contributed by atoms with Gasteiger partial charge in [-0.1, -0.05) is 18.2 Å². The van der Waals surface area contributed by atoms with Gasteiger partial charge in [-0.15, -0.1) is 0 Å². The summed E-state index contributed by atoms with van der Waals surface area (Å²) in [5, 5.41) is 6.33. The summed E-state index contributed by atoms with van der Waals surface area (Å²) in [5.74, 6) is -0.102. The summed E-state index contributed by atoms with van der Waals surface area (Å²) >= 11 is 2.34. The van der Waals surface area contributed by atoms with Crippen LogP contribution < -0.4 is 16.4 Å². The molecule has 1 aliphatic heterocycles. The average molecular weight is 439 g/mol. The van der Waals surface area contributed by atoms with Crippen LogP contribution in [-0.4, -0.2) is 18.0 Å². The summed E-state index contributed by atoms with van der Waals surface area (Å²) < 4.78 is 1.16. The summed E-state index contributed by atoms with van der Waals surface area (Å²) in [4.78, 5) is 12.9. The number of carbonyl (C=O) groups excluding carboxylic acids is 1. The molecule has 0 saturated heterocycles. The first-order valence-electron chi connectivity index (χ1n) is 8.08. The number of hydrogen-bond donors (Lipinski definition) is 3. The van der Waals surface area contributed by atoms with Crippen LogP contribution in [-0.2, 0) is 4.79 Å². The van der Waals surface area contributed by atoms with Crippen molar-refractivity contribution in [2.45, 2.75) is 46.1 Å². The molecule has 24 heavy (non-hydrogen) atoms. The monoisotopic (exact) mass is 439 g/mol. The Labute approximate surface area is 158 Å². The molecule has 1 aromatic carbocycles. The lowest BCUT2D eigenvalue weighted by Crippen LogP contribution is -2.46. The van der Waals surface area contributed by atoms with Crippen LogP contribution in [0.15, 0.2) is 46.8 Å². The number of halogens is 1. The SMILES string of the molecule is CC1=C(C)C(c2ccccc2I)C(C(=O)NCC(C)(C)N)=C(C)N1. The van der Waals surface area contributed by atoms with Gasteiger partial charge in [-0.25, -0.2) is 0 Å². The Bertz CT molecular complexity index is 714. The third-order valence-corrected chi connectivity index (χ3v) is 5.24. The summed E-state index contributed by atoms with van der Waals surface area (Å²) in [6.07, 6.45) is 0. The van der Waals surface area contributed by atoms with Gasteiger partial charge < -0.3 is 16.4 Å². The fraction of sp³-hybridized carbons (Fsp3) is 0.421. The molecule has 0 spiro atoms. The Hall–Kier alpha value is -1.34. The van der Waals surface area contributed by atoms with E-state index in [1.807, 2.05) is 32.9 Å². The van der Waals surface area contributed by atoms with Gasteiger partial charge in [0.1, 0.15) is 0 Å². The second kappa shape index (κ2) is 7.27. The summed E-state index contributed by atoms with van der Waals surface area (Å²) in [6, 6.07) is 8.22. The number of benzene rings is 1. The van der Waals surface area contributed by atoms with Gasteiger partial charge in [0, 0.05) is 38.5 Å². The maximum absolute atomic E-state index is 12.9. The van der Waals surface area contributed by atoms with E-state index in [9.17, 15) is 4.79 Å². The summed E-state index contributed by atoms with van der Waals surface area (Å²) in [6.45, 7) is 10.3. The standard InChI is InChI=1S/C19H26IN3O/c1-11-12(2)23-13(3)17(18(24)22-10-19(4,5)21)16(11)14-8-6-7-9-15(14)20/h6-9,16,23H,10,21H2,1-5H3,(H,22,24). The van der Waals surface area contributed by atoms with Crippen LogP contribution in [0.3, 0.4) is 0 Å². The van der Waals surface area contributed by atoms with Gasteiger partial charge in [-0.3, -0.25) is 4.79 Å². The van der Waals surface area contributed by atoms with Crippen molar-refractivity contribution in [1.82, 2.24) is 10.6 Å². The molecule has 0 saturated carbocycles. The lowest BCUT2D eigenvalue weighted by atomic mass is 9.81. The van der Waals surface area contributed by atoms with Gasteiger partial charge in [0.2, 0.25) is 5.91 Å². The van der Waals surface area contributed by atoms with E-state index < -0.39 is 5.54 Å². The Morgan fingerprint density at radius 2 is 1.88 bits per heavy atom. The van der Waals surface area contributed by atoms with Crippen LogP contribution in [0.4, 0.5) is 0 Å². The minimum absolute atomic E-state index is 0.0414. The molecule has 4 nitrogen and oxygen atoms in total. The van der Waals surface area contributed by atoms with E-state index >= 15 is 0 Å². The fourth-order valence-electron chi connectivity index (χ4n) is 2.90. The first kappa shape index (κ1) is 19.0. The first-order valence-corrected chi connectivity index (χ1v) is 9.16. The number of rotatable bonds is 4. The summed E-state index contributed by atoms with van der Waals surface area (Å²) in [5.41, 5.74) is 10.7. The molecule has 1 heterocycles. The smallest absolute Gasteiger partial charge is 0.249 e. The molecule has 5 heteroatoms. The molecule has 0 aliphatic carbocycles. The molecule has 130 valence electrons. The van der Waals surface area contributed by atoms with Gasteiger partial charge in [0.15, 0.2) is 0 Å². The zero-order valence-corrected chi connectivity index (χ0v) is 17.1. The van der Waals surface area contributed by atoms with Crippen LogP contribution in [0.25, 0.3) is 0 Å². The van der Waals surface area contributed by atoms with Crippen molar-refractivity contribution in [2.24, 2.45) is 5.73 Å². The number of nitrogens with one attached hydrogen (secondary N) is 2. The highest BCUT2D eigenvalue weighted by Gasteiger charge is 2.32. The Morgan fingerprint density at radius 3 is 2.46 bits per heavy atom. The van der Waals surface area contributed by atoms with E-state index in [0.29, 0.717) is 6.54 Å². The predicted octanol–water partition coefficient (Wildman–Crippen LogP) is 3.40. The maximum atomic E-state index is 12.9. The van der Waals surface area contributed by atoms with E-state index in [4.69, 9.17) is 5.73 Å². The minimum atomic E-state index is -0.441. The number of allylic oxidation sites excluding steroid dienone is 3. The molecule has 0 fully saturated rings.